The van der Waals surface area contributed by atoms with E-state index in [-0.39, 0.29) is 11.7 Å². The Morgan fingerprint density at radius 1 is 1.23 bits per heavy atom. The van der Waals surface area contributed by atoms with Gasteiger partial charge in [-0.2, -0.15) is 0 Å². The Balaban J connectivity index is 1.82. The monoisotopic (exact) mass is 444 g/mol. The van der Waals surface area contributed by atoms with Crippen molar-refractivity contribution in [3.63, 3.8) is 0 Å². The number of rotatable bonds is 4. The molecule has 9 heteroatoms. The molecule has 0 aromatic heterocycles. The van der Waals surface area contributed by atoms with Crippen molar-refractivity contribution in [3.8, 4) is 0 Å². The lowest BCUT2D eigenvalue weighted by Gasteiger charge is -2.39. The highest BCUT2D eigenvalue weighted by molar-refractivity contribution is 9.10. The van der Waals surface area contributed by atoms with Crippen molar-refractivity contribution < 1.29 is 13.2 Å². The second-order valence-electron chi connectivity index (χ2n) is 6.74. The first-order valence-corrected chi connectivity index (χ1v) is 10.8. The Kier molecular flexibility index (Phi) is 6.68. The van der Waals surface area contributed by atoms with Crippen LogP contribution in [0.5, 0.6) is 0 Å². The van der Waals surface area contributed by atoms with Gasteiger partial charge in [0.15, 0.2) is 15.8 Å². The van der Waals surface area contributed by atoms with Crippen LogP contribution in [0, 0.1) is 0 Å². The predicted molar refractivity (Wildman–Crippen MR) is 107 cm³/mol. The van der Waals surface area contributed by atoms with E-state index >= 15 is 0 Å². The van der Waals surface area contributed by atoms with Gasteiger partial charge in [0, 0.05) is 43.3 Å². The van der Waals surface area contributed by atoms with Gasteiger partial charge in [0.05, 0.1) is 10.5 Å². The van der Waals surface area contributed by atoms with Gasteiger partial charge >= 0.3 is 0 Å². The number of nitrogens with zero attached hydrogens (tertiary/aromatic N) is 2. The van der Waals surface area contributed by atoms with E-state index in [2.05, 4.69) is 31.6 Å². The molecule has 1 fully saturated rings. The number of carbonyl (C=O) groups excluding carboxylic acids is 1. The van der Waals surface area contributed by atoms with Crippen LogP contribution in [0.15, 0.2) is 33.7 Å². The largest absolute Gasteiger partial charge is 0.354 e. The number of amides is 1. The second-order valence-corrected chi connectivity index (χ2v) is 10.4. The third-order valence-electron chi connectivity index (χ3n) is 4.35. The molecular weight excluding hydrogens is 420 g/mol. The van der Waals surface area contributed by atoms with E-state index in [1.807, 2.05) is 17.0 Å². The molecule has 26 heavy (non-hydrogen) atoms. The van der Waals surface area contributed by atoms with Crippen molar-refractivity contribution in [2.75, 3.05) is 39.0 Å². The van der Waals surface area contributed by atoms with E-state index in [0.29, 0.717) is 37.7 Å². The van der Waals surface area contributed by atoms with Crippen LogP contribution in [0.2, 0.25) is 0 Å². The third kappa shape index (κ3) is 4.97. The SMILES string of the molecule is CN=C(NCCNC(=O)c1ccc(Br)cc1)N1CCS(=O)(=O)C(C)(C)C1. The molecule has 1 amide bonds. The summed E-state index contributed by atoms with van der Waals surface area (Å²) in [5, 5.41) is 6.02. The Labute approximate surface area is 163 Å². The van der Waals surface area contributed by atoms with Gasteiger partial charge in [0.1, 0.15) is 0 Å². The average Bonchev–Trinajstić information content (AvgIpc) is 2.58. The lowest BCUT2D eigenvalue weighted by atomic mass is 10.2. The fourth-order valence-electron chi connectivity index (χ4n) is 2.71. The molecule has 7 nitrogen and oxygen atoms in total. The Hall–Kier alpha value is -1.61. The molecule has 1 aromatic carbocycles. The molecule has 0 atom stereocenters. The molecule has 2 N–H and O–H groups in total. The van der Waals surface area contributed by atoms with Gasteiger partial charge in [-0.05, 0) is 38.1 Å². The maximum atomic E-state index is 12.1. The van der Waals surface area contributed by atoms with Gasteiger partial charge in [-0.15, -0.1) is 0 Å². The zero-order chi connectivity index (χ0) is 19.4. The summed E-state index contributed by atoms with van der Waals surface area (Å²) in [6, 6.07) is 7.15. The second kappa shape index (κ2) is 8.39. The first-order chi connectivity index (χ1) is 12.2. The van der Waals surface area contributed by atoms with Crippen LogP contribution in [0.25, 0.3) is 0 Å². The number of benzene rings is 1. The molecule has 1 saturated heterocycles. The van der Waals surface area contributed by atoms with Gasteiger partial charge in [0.2, 0.25) is 0 Å². The molecule has 0 saturated carbocycles. The first kappa shape index (κ1) is 20.7. The van der Waals surface area contributed by atoms with Crippen molar-refractivity contribution >= 4 is 37.6 Å². The number of hydrogen-bond acceptors (Lipinski definition) is 4. The molecule has 1 aliphatic rings. The summed E-state index contributed by atoms with van der Waals surface area (Å²) >= 11 is 3.34. The number of sulfone groups is 1. The van der Waals surface area contributed by atoms with Crippen molar-refractivity contribution in [2.45, 2.75) is 18.6 Å². The summed E-state index contributed by atoms with van der Waals surface area (Å²) in [5.74, 6) is 0.617. The van der Waals surface area contributed by atoms with Gasteiger partial charge in [-0.1, -0.05) is 15.9 Å². The molecule has 0 bridgehead atoms. The van der Waals surface area contributed by atoms with Gasteiger partial charge in [0.25, 0.3) is 5.91 Å². The topological polar surface area (TPSA) is 90.9 Å². The summed E-state index contributed by atoms with van der Waals surface area (Å²) in [4.78, 5) is 18.2. The van der Waals surface area contributed by atoms with Crippen LogP contribution < -0.4 is 10.6 Å². The minimum Gasteiger partial charge on any atom is -0.354 e. The molecule has 2 rings (SSSR count). The maximum absolute atomic E-state index is 12.1. The zero-order valence-corrected chi connectivity index (χ0v) is 17.7. The average molecular weight is 445 g/mol. The molecule has 144 valence electrons. The number of carbonyl (C=O) groups is 1. The van der Waals surface area contributed by atoms with Crippen LogP contribution in [0.3, 0.4) is 0 Å². The van der Waals surface area contributed by atoms with E-state index in [4.69, 9.17) is 0 Å². The third-order valence-corrected chi connectivity index (χ3v) is 7.42. The Morgan fingerprint density at radius 2 is 1.85 bits per heavy atom. The number of halogens is 1. The molecule has 1 aromatic rings. The highest BCUT2D eigenvalue weighted by Crippen LogP contribution is 2.23. The lowest BCUT2D eigenvalue weighted by Crippen LogP contribution is -2.57. The molecule has 0 radical (unpaired) electrons. The lowest BCUT2D eigenvalue weighted by molar-refractivity contribution is 0.0954. The van der Waals surface area contributed by atoms with Crippen LogP contribution in [0.4, 0.5) is 0 Å². The number of hydrogen-bond donors (Lipinski definition) is 2. The standard InChI is InChI=1S/C17H25BrN4O3S/c1-17(2)12-22(10-11-26(17,24)25)16(19-3)21-9-8-20-15(23)13-4-6-14(18)7-5-13/h4-7H,8-12H2,1-3H3,(H,19,21)(H,20,23). The summed E-state index contributed by atoms with van der Waals surface area (Å²) in [6.45, 7) is 5.21. The minimum absolute atomic E-state index is 0.112. The summed E-state index contributed by atoms with van der Waals surface area (Å²) < 4.78 is 24.3. The summed E-state index contributed by atoms with van der Waals surface area (Å²) in [6.07, 6.45) is 0. The molecule has 0 unspecified atom stereocenters. The maximum Gasteiger partial charge on any atom is 0.251 e. The van der Waals surface area contributed by atoms with E-state index < -0.39 is 14.6 Å². The van der Waals surface area contributed by atoms with Crippen molar-refractivity contribution in [3.05, 3.63) is 34.3 Å². The fourth-order valence-corrected chi connectivity index (χ4v) is 4.34. The van der Waals surface area contributed by atoms with Gasteiger partial charge < -0.3 is 15.5 Å². The molecule has 1 heterocycles. The predicted octanol–water partition coefficient (Wildman–Crippen LogP) is 1.26. The number of nitrogens with one attached hydrogen (secondary N) is 2. The van der Waals surface area contributed by atoms with Crippen molar-refractivity contribution in [1.29, 1.82) is 0 Å². The van der Waals surface area contributed by atoms with E-state index in [9.17, 15) is 13.2 Å². The van der Waals surface area contributed by atoms with Crippen molar-refractivity contribution in [2.24, 2.45) is 4.99 Å². The number of aliphatic imine (C=N–C) groups is 1. The van der Waals surface area contributed by atoms with E-state index in [1.165, 1.54) is 0 Å². The first-order valence-electron chi connectivity index (χ1n) is 8.38. The van der Waals surface area contributed by atoms with E-state index in [0.717, 1.165) is 4.47 Å². The Bertz CT molecular complexity index is 776. The molecular formula is C17H25BrN4O3S. The summed E-state index contributed by atoms with van der Waals surface area (Å²) in [5.41, 5.74) is 0.598. The van der Waals surface area contributed by atoms with Crippen LogP contribution in [-0.2, 0) is 9.84 Å². The zero-order valence-electron chi connectivity index (χ0n) is 15.3. The van der Waals surface area contributed by atoms with Crippen LogP contribution in [-0.4, -0.2) is 68.9 Å². The fraction of sp³-hybridized carbons (Fsp3) is 0.529. The van der Waals surface area contributed by atoms with Crippen LogP contribution in [0.1, 0.15) is 24.2 Å². The minimum atomic E-state index is -3.09. The molecule has 0 aliphatic carbocycles. The normalized spacial score (nSPS) is 19.1. The Morgan fingerprint density at radius 3 is 2.42 bits per heavy atom. The highest BCUT2D eigenvalue weighted by atomic mass is 79.9. The smallest absolute Gasteiger partial charge is 0.251 e. The van der Waals surface area contributed by atoms with Crippen molar-refractivity contribution in [1.82, 2.24) is 15.5 Å². The number of guanidine groups is 1. The van der Waals surface area contributed by atoms with Gasteiger partial charge in [-0.25, -0.2) is 8.42 Å². The van der Waals surface area contributed by atoms with Crippen LogP contribution >= 0.6 is 15.9 Å². The highest BCUT2D eigenvalue weighted by Gasteiger charge is 2.40. The quantitative estimate of drug-likeness (QED) is 0.414. The molecule has 1 aliphatic heterocycles. The van der Waals surface area contributed by atoms with E-state index in [1.54, 1.807) is 33.0 Å². The van der Waals surface area contributed by atoms with Gasteiger partial charge in [-0.3, -0.25) is 9.79 Å². The summed E-state index contributed by atoms with van der Waals surface area (Å²) in [7, 11) is -1.43. The molecule has 0 spiro atoms.